The van der Waals surface area contributed by atoms with Crippen molar-refractivity contribution in [3.8, 4) is 0 Å². The zero-order valence-electron chi connectivity index (χ0n) is 18.4. The van der Waals surface area contributed by atoms with Crippen molar-refractivity contribution in [3.63, 3.8) is 0 Å². The van der Waals surface area contributed by atoms with E-state index in [-0.39, 0.29) is 0 Å². The second kappa shape index (κ2) is 10.1. The van der Waals surface area contributed by atoms with Gasteiger partial charge in [-0.15, -0.1) is 0 Å². The van der Waals surface area contributed by atoms with Crippen LogP contribution in [0.3, 0.4) is 0 Å². The lowest BCUT2D eigenvalue weighted by Gasteiger charge is -2.46. The van der Waals surface area contributed by atoms with Crippen LogP contribution in [0.1, 0.15) is 48.6 Å². The third-order valence-corrected chi connectivity index (χ3v) is 7.82. The molecular weight excluding hydrogens is 414 g/mol. The van der Waals surface area contributed by atoms with Crippen LogP contribution in [0.4, 0.5) is 0 Å². The van der Waals surface area contributed by atoms with Crippen molar-refractivity contribution in [3.05, 3.63) is 52.3 Å². The molecule has 0 bridgehead atoms. The predicted molar refractivity (Wildman–Crippen MR) is 127 cm³/mol. The van der Waals surface area contributed by atoms with Crippen LogP contribution in [-0.2, 0) is 18.2 Å². The highest BCUT2D eigenvalue weighted by molar-refractivity contribution is 7.98. The molecule has 30 heavy (non-hydrogen) atoms. The smallest absolute Gasteiger partial charge is 0.0793 e. The number of aryl methyl sites for hydroxylation is 2. The summed E-state index contributed by atoms with van der Waals surface area (Å²) in [5.41, 5.74) is 3.88. The first-order valence-corrected chi connectivity index (χ1v) is 12.9. The number of nitrogens with zero attached hydrogens (tertiary/aromatic N) is 3. The molecule has 4 nitrogen and oxygen atoms in total. The van der Waals surface area contributed by atoms with Gasteiger partial charge in [0.05, 0.1) is 18.4 Å². The molecule has 6 heteroatoms. The van der Waals surface area contributed by atoms with Crippen LogP contribution in [0.5, 0.6) is 0 Å². The number of morpholine rings is 1. The summed E-state index contributed by atoms with van der Waals surface area (Å²) < 4.78 is 8.27. The lowest BCUT2D eigenvalue weighted by Crippen LogP contribution is -2.56. The zero-order chi connectivity index (χ0) is 21.1. The van der Waals surface area contributed by atoms with Gasteiger partial charge in [0.1, 0.15) is 0 Å². The molecule has 2 aromatic rings. The maximum Gasteiger partial charge on any atom is 0.0793 e. The molecular formula is C24H34ClN3OS. The van der Waals surface area contributed by atoms with Gasteiger partial charge in [0.25, 0.3) is 0 Å². The molecule has 1 saturated carbocycles. The average molecular weight is 448 g/mol. The third-order valence-electron chi connectivity index (χ3n) is 6.86. The van der Waals surface area contributed by atoms with E-state index in [0.717, 1.165) is 30.3 Å². The van der Waals surface area contributed by atoms with Gasteiger partial charge in [0.15, 0.2) is 0 Å². The van der Waals surface area contributed by atoms with Gasteiger partial charge in [-0.3, -0.25) is 9.58 Å². The Morgan fingerprint density at radius 1 is 1.17 bits per heavy atom. The first-order valence-electron chi connectivity index (χ1n) is 11.1. The molecule has 1 aliphatic carbocycles. The second-order valence-corrected chi connectivity index (χ2v) is 10.3. The molecule has 1 aliphatic heterocycles. The van der Waals surface area contributed by atoms with E-state index >= 15 is 0 Å². The lowest BCUT2D eigenvalue weighted by molar-refractivity contribution is -0.0750. The Bertz CT molecular complexity index is 797. The second-order valence-electron chi connectivity index (χ2n) is 8.93. The van der Waals surface area contributed by atoms with Crippen LogP contribution in [0.2, 0.25) is 5.02 Å². The van der Waals surface area contributed by atoms with E-state index in [1.165, 1.54) is 42.6 Å². The fourth-order valence-electron chi connectivity index (χ4n) is 5.07. The van der Waals surface area contributed by atoms with E-state index in [4.69, 9.17) is 21.4 Å². The molecule has 1 aromatic heterocycles. The number of rotatable bonds is 6. The Hall–Kier alpha value is -1.01. The SMILES string of the molecule is CSCC1CN(C2CCC(c3cc(C)n(C)n3)CC2)C(Cc2ccc(Cl)cc2)CO1. The minimum atomic E-state index is 0.345. The van der Waals surface area contributed by atoms with Gasteiger partial charge in [-0.1, -0.05) is 23.7 Å². The van der Waals surface area contributed by atoms with E-state index in [1.807, 2.05) is 35.6 Å². The summed E-state index contributed by atoms with van der Waals surface area (Å²) >= 11 is 7.98. The Morgan fingerprint density at radius 3 is 2.53 bits per heavy atom. The highest BCUT2D eigenvalue weighted by atomic mass is 35.5. The molecule has 4 rings (SSSR count). The fourth-order valence-corrected chi connectivity index (χ4v) is 5.77. The summed E-state index contributed by atoms with van der Waals surface area (Å²) in [6, 6.07) is 11.7. The number of aromatic nitrogens is 2. The summed E-state index contributed by atoms with van der Waals surface area (Å²) in [6.45, 7) is 4.02. The Labute approximate surface area is 190 Å². The number of benzene rings is 1. The van der Waals surface area contributed by atoms with Gasteiger partial charge in [-0.05, 0) is 69.0 Å². The highest BCUT2D eigenvalue weighted by Crippen LogP contribution is 2.36. The van der Waals surface area contributed by atoms with Crippen molar-refractivity contribution >= 4 is 23.4 Å². The Balaban J connectivity index is 1.43. The first kappa shape index (κ1) is 22.2. The summed E-state index contributed by atoms with van der Waals surface area (Å²) in [5.74, 6) is 1.69. The van der Waals surface area contributed by atoms with Crippen molar-refractivity contribution in [2.24, 2.45) is 7.05 Å². The molecule has 0 N–H and O–H groups in total. The number of thioether (sulfide) groups is 1. The van der Waals surface area contributed by atoms with Crippen molar-refractivity contribution in [1.29, 1.82) is 0 Å². The standard InChI is InChI=1S/C24H34ClN3OS/c1-17-12-24(26-27(17)2)19-6-10-21(11-7-19)28-14-23(16-30-3)29-15-22(28)13-18-4-8-20(25)9-5-18/h4-5,8-9,12,19,21-23H,6-7,10-11,13-16H2,1-3H3. The predicted octanol–water partition coefficient (Wildman–Crippen LogP) is 5.08. The molecule has 0 radical (unpaired) electrons. The van der Waals surface area contributed by atoms with Crippen LogP contribution in [-0.4, -0.2) is 58.0 Å². The van der Waals surface area contributed by atoms with E-state index in [0.29, 0.717) is 24.1 Å². The van der Waals surface area contributed by atoms with Crippen LogP contribution >= 0.6 is 23.4 Å². The lowest BCUT2D eigenvalue weighted by atomic mass is 9.82. The van der Waals surface area contributed by atoms with Crippen LogP contribution in [0.25, 0.3) is 0 Å². The largest absolute Gasteiger partial charge is 0.374 e. The van der Waals surface area contributed by atoms with Crippen molar-refractivity contribution in [2.75, 3.05) is 25.2 Å². The maximum absolute atomic E-state index is 6.25. The normalized spacial score (nSPS) is 28.0. The minimum Gasteiger partial charge on any atom is -0.374 e. The summed E-state index contributed by atoms with van der Waals surface area (Å²) in [7, 11) is 2.05. The molecule has 164 valence electrons. The number of halogens is 1. The molecule has 2 unspecified atom stereocenters. The average Bonchev–Trinajstić information content (AvgIpc) is 3.09. The molecule has 0 amide bonds. The monoisotopic (exact) mass is 447 g/mol. The highest BCUT2D eigenvalue weighted by Gasteiger charge is 2.36. The van der Waals surface area contributed by atoms with Crippen molar-refractivity contribution < 1.29 is 4.74 Å². The fraction of sp³-hybridized carbons (Fsp3) is 0.625. The Morgan fingerprint density at radius 2 is 1.90 bits per heavy atom. The van der Waals surface area contributed by atoms with Crippen LogP contribution in [0.15, 0.2) is 30.3 Å². The number of ether oxygens (including phenoxy) is 1. The van der Waals surface area contributed by atoms with E-state index in [1.54, 1.807) is 0 Å². The van der Waals surface area contributed by atoms with Crippen molar-refractivity contribution in [1.82, 2.24) is 14.7 Å². The van der Waals surface area contributed by atoms with Gasteiger partial charge >= 0.3 is 0 Å². The minimum absolute atomic E-state index is 0.345. The molecule has 0 spiro atoms. The molecule has 2 atom stereocenters. The Kier molecular flexibility index (Phi) is 7.45. The summed E-state index contributed by atoms with van der Waals surface area (Å²) in [4.78, 5) is 2.78. The van der Waals surface area contributed by atoms with Crippen molar-refractivity contribution in [2.45, 2.75) is 63.1 Å². The molecule has 1 aromatic carbocycles. The first-order chi connectivity index (χ1) is 14.5. The van der Waals surface area contributed by atoms with Gasteiger partial charge < -0.3 is 4.74 Å². The van der Waals surface area contributed by atoms with Crippen LogP contribution in [0, 0.1) is 6.92 Å². The number of hydrogen-bond donors (Lipinski definition) is 0. The topological polar surface area (TPSA) is 30.3 Å². The van der Waals surface area contributed by atoms with Crippen LogP contribution < -0.4 is 0 Å². The van der Waals surface area contributed by atoms with E-state index < -0.39 is 0 Å². The van der Waals surface area contributed by atoms with Gasteiger partial charge in [-0.2, -0.15) is 16.9 Å². The molecule has 1 saturated heterocycles. The molecule has 2 heterocycles. The zero-order valence-corrected chi connectivity index (χ0v) is 20.0. The van der Waals surface area contributed by atoms with E-state index in [2.05, 4.69) is 36.3 Å². The van der Waals surface area contributed by atoms with E-state index in [9.17, 15) is 0 Å². The van der Waals surface area contributed by atoms with Gasteiger partial charge in [0.2, 0.25) is 0 Å². The summed E-state index contributed by atoms with van der Waals surface area (Å²) in [5, 5.41) is 5.56. The summed E-state index contributed by atoms with van der Waals surface area (Å²) in [6.07, 6.45) is 8.53. The number of hydrogen-bond acceptors (Lipinski definition) is 4. The van der Waals surface area contributed by atoms with Gasteiger partial charge in [0, 0.05) is 48.1 Å². The quantitative estimate of drug-likeness (QED) is 0.617. The molecule has 2 aliphatic rings. The molecule has 2 fully saturated rings. The van der Waals surface area contributed by atoms with Gasteiger partial charge in [-0.25, -0.2) is 0 Å². The third kappa shape index (κ3) is 5.24. The maximum atomic E-state index is 6.25.